The normalized spacial score (nSPS) is 12.0. The van der Waals surface area contributed by atoms with Gasteiger partial charge in [0.05, 0.1) is 6.04 Å². The molecule has 21 heavy (non-hydrogen) atoms. The first-order chi connectivity index (χ1) is 9.91. The lowest BCUT2D eigenvalue weighted by atomic mass is 10.0. The molecule has 0 saturated heterocycles. The van der Waals surface area contributed by atoms with Gasteiger partial charge in [0.25, 0.3) is 5.91 Å². The van der Waals surface area contributed by atoms with Crippen LogP contribution in [0.15, 0.2) is 42.5 Å². The van der Waals surface area contributed by atoms with Crippen molar-refractivity contribution in [1.29, 1.82) is 0 Å². The van der Waals surface area contributed by atoms with E-state index in [2.05, 4.69) is 0 Å². The molecule has 4 heteroatoms. The molecule has 2 rings (SSSR count). The van der Waals surface area contributed by atoms with E-state index in [0.29, 0.717) is 16.8 Å². The van der Waals surface area contributed by atoms with Crippen LogP contribution in [0.4, 0.5) is 10.1 Å². The maximum Gasteiger partial charge on any atom is 0.254 e. The Kier molecular flexibility index (Phi) is 4.26. The summed E-state index contributed by atoms with van der Waals surface area (Å²) >= 11 is 0. The molecule has 1 amide bonds. The van der Waals surface area contributed by atoms with Crippen molar-refractivity contribution in [1.82, 2.24) is 4.90 Å². The molecule has 0 heterocycles. The quantitative estimate of drug-likeness (QED) is 0.877. The second kappa shape index (κ2) is 5.95. The summed E-state index contributed by atoms with van der Waals surface area (Å²) < 4.78 is 13.8. The number of nitrogen functional groups attached to an aromatic ring is 1. The predicted molar refractivity (Wildman–Crippen MR) is 82.5 cm³/mol. The Hall–Kier alpha value is -2.36. The number of rotatable bonds is 3. The molecule has 0 aliphatic rings. The monoisotopic (exact) mass is 286 g/mol. The summed E-state index contributed by atoms with van der Waals surface area (Å²) in [4.78, 5) is 14.1. The summed E-state index contributed by atoms with van der Waals surface area (Å²) in [7, 11) is 1.68. The molecule has 2 aromatic carbocycles. The molecule has 0 aliphatic carbocycles. The molecule has 2 aromatic rings. The van der Waals surface area contributed by atoms with Gasteiger partial charge in [0.15, 0.2) is 0 Å². The first kappa shape index (κ1) is 15.0. The van der Waals surface area contributed by atoms with Crippen molar-refractivity contribution in [2.24, 2.45) is 0 Å². The lowest BCUT2D eigenvalue weighted by Gasteiger charge is -2.26. The number of hydrogen-bond donors (Lipinski definition) is 1. The van der Waals surface area contributed by atoms with E-state index in [1.807, 2.05) is 13.8 Å². The minimum Gasteiger partial charge on any atom is -0.399 e. The Labute approximate surface area is 124 Å². The minimum absolute atomic E-state index is 0.150. The number of amides is 1. The molecule has 0 bridgehead atoms. The highest BCUT2D eigenvalue weighted by Crippen LogP contribution is 2.24. The highest BCUT2D eigenvalue weighted by molar-refractivity contribution is 5.96. The summed E-state index contributed by atoms with van der Waals surface area (Å²) in [5.41, 5.74) is 8.21. The van der Waals surface area contributed by atoms with Crippen LogP contribution in [0.2, 0.25) is 0 Å². The lowest BCUT2D eigenvalue weighted by molar-refractivity contribution is 0.0740. The van der Waals surface area contributed by atoms with Gasteiger partial charge in [0.1, 0.15) is 5.82 Å². The molecule has 3 nitrogen and oxygen atoms in total. The Balaban J connectivity index is 2.29. The van der Waals surface area contributed by atoms with Gasteiger partial charge >= 0.3 is 0 Å². The maximum atomic E-state index is 13.8. The second-order valence-corrected chi connectivity index (χ2v) is 5.19. The number of aryl methyl sites for hydroxylation is 1. The average molecular weight is 286 g/mol. The Morgan fingerprint density at radius 1 is 1.24 bits per heavy atom. The van der Waals surface area contributed by atoms with Crippen molar-refractivity contribution in [2.45, 2.75) is 19.9 Å². The van der Waals surface area contributed by atoms with Crippen molar-refractivity contribution in [3.8, 4) is 0 Å². The Bertz CT molecular complexity index is 670. The zero-order chi connectivity index (χ0) is 15.6. The van der Waals surface area contributed by atoms with Gasteiger partial charge in [0, 0.05) is 23.9 Å². The van der Waals surface area contributed by atoms with Crippen molar-refractivity contribution < 1.29 is 9.18 Å². The fourth-order valence-electron chi connectivity index (χ4n) is 2.32. The molecule has 1 unspecified atom stereocenters. The van der Waals surface area contributed by atoms with E-state index in [0.717, 1.165) is 5.56 Å². The molecular weight excluding hydrogens is 267 g/mol. The van der Waals surface area contributed by atoms with Gasteiger partial charge < -0.3 is 10.6 Å². The zero-order valence-electron chi connectivity index (χ0n) is 12.4. The van der Waals surface area contributed by atoms with E-state index in [1.54, 1.807) is 43.4 Å². The standard InChI is InChI=1S/C17H19FN2O/c1-11-10-13(19)8-9-14(11)17(21)20(3)12(2)15-6-4-5-7-16(15)18/h4-10,12H,19H2,1-3H3. The number of carbonyl (C=O) groups excluding carboxylic acids is 1. The van der Waals surface area contributed by atoms with Crippen LogP contribution in [0.3, 0.4) is 0 Å². The number of nitrogens with two attached hydrogens (primary N) is 1. The van der Waals surface area contributed by atoms with Gasteiger partial charge in [-0.1, -0.05) is 18.2 Å². The van der Waals surface area contributed by atoms with Crippen LogP contribution in [-0.4, -0.2) is 17.9 Å². The van der Waals surface area contributed by atoms with Gasteiger partial charge in [-0.2, -0.15) is 0 Å². The molecule has 2 N–H and O–H groups in total. The van der Waals surface area contributed by atoms with E-state index in [4.69, 9.17) is 5.73 Å². The van der Waals surface area contributed by atoms with E-state index in [9.17, 15) is 9.18 Å². The summed E-state index contributed by atoms with van der Waals surface area (Å²) in [5.74, 6) is -0.457. The van der Waals surface area contributed by atoms with E-state index >= 15 is 0 Å². The maximum absolute atomic E-state index is 13.8. The molecule has 0 aromatic heterocycles. The van der Waals surface area contributed by atoms with Crippen molar-refractivity contribution in [2.75, 3.05) is 12.8 Å². The molecular formula is C17H19FN2O. The number of hydrogen-bond acceptors (Lipinski definition) is 2. The van der Waals surface area contributed by atoms with E-state index in [1.165, 1.54) is 11.0 Å². The zero-order valence-corrected chi connectivity index (χ0v) is 12.4. The Morgan fingerprint density at radius 3 is 2.52 bits per heavy atom. The van der Waals surface area contributed by atoms with Gasteiger partial charge in [0.2, 0.25) is 0 Å². The second-order valence-electron chi connectivity index (χ2n) is 5.19. The molecule has 110 valence electrons. The van der Waals surface area contributed by atoms with E-state index < -0.39 is 0 Å². The highest BCUT2D eigenvalue weighted by Gasteiger charge is 2.22. The highest BCUT2D eigenvalue weighted by atomic mass is 19.1. The molecule has 0 fully saturated rings. The summed E-state index contributed by atoms with van der Waals surface area (Å²) in [6.45, 7) is 3.65. The Morgan fingerprint density at radius 2 is 1.90 bits per heavy atom. The fourth-order valence-corrected chi connectivity index (χ4v) is 2.32. The van der Waals surface area contributed by atoms with Crippen molar-refractivity contribution in [3.05, 3.63) is 65.0 Å². The van der Waals surface area contributed by atoms with Crippen molar-refractivity contribution in [3.63, 3.8) is 0 Å². The van der Waals surface area contributed by atoms with Gasteiger partial charge in [-0.05, 0) is 43.7 Å². The first-order valence-corrected chi connectivity index (χ1v) is 6.79. The van der Waals surface area contributed by atoms with Gasteiger partial charge in [-0.15, -0.1) is 0 Å². The number of benzene rings is 2. The summed E-state index contributed by atoms with van der Waals surface area (Å²) in [5, 5.41) is 0. The summed E-state index contributed by atoms with van der Waals surface area (Å²) in [6.07, 6.45) is 0. The van der Waals surface area contributed by atoms with Crippen LogP contribution in [0.25, 0.3) is 0 Å². The third kappa shape index (κ3) is 3.05. The predicted octanol–water partition coefficient (Wildman–Crippen LogP) is 3.55. The van der Waals surface area contributed by atoms with Crippen LogP contribution in [-0.2, 0) is 0 Å². The third-order valence-electron chi connectivity index (χ3n) is 3.74. The van der Waals surface area contributed by atoms with Gasteiger partial charge in [-0.3, -0.25) is 4.79 Å². The molecule has 0 radical (unpaired) electrons. The van der Waals surface area contributed by atoms with Crippen LogP contribution >= 0.6 is 0 Å². The smallest absolute Gasteiger partial charge is 0.254 e. The fraction of sp³-hybridized carbons (Fsp3) is 0.235. The van der Waals surface area contributed by atoms with Crippen LogP contribution in [0, 0.1) is 12.7 Å². The molecule has 1 atom stereocenters. The average Bonchev–Trinajstić information content (AvgIpc) is 2.45. The van der Waals surface area contributed by atoms with Crippen LogP contribution in [0.1, 0.15) is 34.5 Å². The first-order valence-electron chi connectivity index (χ1n) is 6.79. The summed E-state index contributed by atoms with van der Waals surface area (Å²) in [6, 6.07) is 11.3. The number of nitrogens with zero attached hydrogens (tertiary/aromatic N) is 1. The minimum atomic E-state index is -0.351. The lowest BCUT2D eigenvalue weighted by Crippen LogP contribution is -2.30. The third-order valence-corrected chi connectivity index (χ3v) is 3.74. The van der Waals surface area contributed by atoms with Crippen LogP contribution in [0.5, 0.6) is 0 Å². The number of halogens is 1. The topological polar surface area (TPSA) is 46.3 Å². The van der Waals surface area contributed by atoms with Crippen molar-refractivity contribution >= 4 is 11.6 Å². The number of carbonyl (C=O) groups is 1. The molecule has 0 saturated carbocycles. The van der Waals surface area contributed by atoms with E-state index in [-0.39, 0.29) is 17.8 Å². The number of anilines is 1. The molecule has 0 aliphatic heterocycles. The largest absolute Gasteiger partial charge is 0.399 e. The molecule has 0 spiro atoms. The van der Waals surface area contributed by atoms with Crippen LogP contribution < -0.4 is 5.73 Å². The SMILES string of the molecule is Cc1cc(N)ccc1C(=O)N(C)C(C)c1ccccc1F. The van der Waals surface area contributed by atoms with Gasteiger partial charge in [-0.25, -0.2) is 4.39 Å².